The van der Waals surface area contributed by atoms with Gasteiger partial charge in [0, 0.05) is 30.2 Å². The largest absolute Gasteiger partial charge is 0.301 e. The second kappa shape index (κ2) is 5.60. The lowest BCUT2D eigenvalue weighted by molar-refractivity contribution is 0.109. The first-order chi connectivity index (χ1) is 9.25. The molecule has 0 saturated carbocycles. The van der Waals surface area contributed by atoms with Crippen LogP contribution in [0.2, 0.25) is 5.02 Å². The molecule has 4 nitrogen and oxygen atoms in total. The van der Waals surface area contributed by atoms with Crippen LogP contribution in [0.4, 0.5) is 4.39 Å². The molecule has 2 rings (SSSR count). The van der Waals surface area contributed by atoms with Gasteiger partial charge in [0.25, 0.3) is 0 Å². The molecule has 112 valence electrons. The quantitative estimate of drug-likeness (QED) is 0.838. The molecular formula is C13H18ClFN2O2S. The molecule has 1 aromatic rings. The minimum Gasteiger partial charge on any atom is -0.301 e. The van der Waals surface area contributed by atoms with Crippen molar-refractivity contribution in [2.45, 2.75) is 30.8 Å². The van der Waals surface area contributed by atoms with E-state index in [-0.39, 0.29) is 22.0 Å². The topological polar surface area (TPSA) is 40.6 Å². The Balaban J connectivity index is 2.40. The average molecular weight is 321 g/mol. The van der Waals surface area contributed by atoms with E-state index in [0.717, 1.165) is 6.07 Å². The summed E-state index contributed by atoms with van der Waals surface area (Å²) in [7, 11) is -1.89. The molecule has 1 heterocycles. The predicted molar refractivity (Wildman–Crippen MR) is 76.9 cm³/mol. The molecule has 20 heavy (non-hydrogen) atoms. The van der Waals surface area contributed by atoms with Crippen molar-refractivity contribution in [2.75, 3.05) is 20.1 Å². The van der Waals surface area contributed by atoms with E-state index in [9.17, 15) is 12.8 Å². The van der Waals surface area contributed by atoms with Gasteiger partial charge in [0.2, 0.25) is 10.0 Å². The number of nitrogens with zero attached hydrogens (tertiary/aromatic N) is 2. The number of rotatable bonds is 2. The van der Waals surface area contributed by atoms with E-state index in [1.807, 2.05) is 20.9 Å². The van der Waals surface area contributed by atoms with Gasteiger partial charge in [-0.15, -0.1) is 0 Å². The van der Waals surface area contributed by atoms with Gasteiger partial charge < -0.3 is 4.90 Å². The summed E-state index contributed by atoms with van der Waals surface area (Å²) in [5.74, 6) is -0.809. The Labute approximate surface area is 124 Å². The van der Waals surface area contributed by atoms with E-state index < -0.39 is 15.8 Å². The van der Waals surface area contributed by atoms with Crippen LogP contribution >= 0.6 is 11.6 Å². The molecule has 1 fully saturated rings. The number of piperazine rings is 1. The summed E-state index contributed by atoms with van der Waals surface area (Å²) < 4.78 is 40.5. The molecule has 0 N–H and O–H groups in total. The van der Waals surface area contributed by atoms with E-state index in [2.05, 4.69) is 4.90 Å². The maximum absolute atomic E-state index is 13.9. The fourth-order valence-corrected chi connectivity index (χ4v) is 4.32. The predicted octanol–water partition coefficient (Wildman–Crippen LogP) is 2.19. The van der Waals surface area contributed by atoms with Crippen molar-refractivity contribution in [1.29, 1.82) is 0 Å². The maximum atomic E-state index is 13.9. The van der Waals surface area contributed by atoms with E-state index in [4.69, 9.17) is 11.6 Å². The lowest BCUT2D eigenvalue weighted by Gasteiger charge is -2.42. The van der Waals surface area contributed by atoms with Crippen LogP contribution in [0.15, 0.2) is 23.1 Å². The van der Waals surface area contributed by atoms with Gasteiger partial charge in [0.1, 0.15) is 10.7 Å². The molecule has 0 unspecified atom stereocenters. The summed E-state index contributed by atoms with van der Waals surface area (Å²) >= 11 is 5.67. The van der Waals surface area contributed by atoms with E-state index in [0.29, 0.717) is 13.1 Å². The average Bonchev–Trinajstić information content (AvgIpc) is 2.35. The minimum atomic E-state index is -3.84. The summed E-state index contributed by atoms with van der Waals surface area (Å²) in [5, 5.41) is 0.182. The molecule has 0 radical (unpaired) electrons. The van der Waals surface area contributed by atoms with Crippen LogP contribution in [0.5, 0.6) is 0 Å². The van der Waals surface area contributed by atoms with Gasteiger partial charge in [-0.05, 0) is 39.1 Å². The number of hydrogen-bond donors (Lipinski definition) is 0. The fraction of sp³-hybridized carbons (Fsp3) is 0.538. The Morgan fingerprint density at radius 2 is 1.90 bits per heavy atom. The van der Waals surface area contributed by atoms with Crippen LogP contribution in [-0.2, 0) is 10.0 Å². The molecule has 0 aliphatic carbocycles. The van der Waals surface area contributed by atoms with Crippen molar-refractivity contribution in [2.24, 2.45) is 0 Å². The molecule has 1 saturated heterocycles. The van der Waals surface area contributed by atoms with Gasteiger partial charge >= 0.3 is 0 Å². The highest BCUT2D eigenvalue weighted by molar-refractivity contribution is 7.89. The van der Waals surface area contributed by atoms with E-state index in [1.165, 1.54) is 16.4 Å². The van der Waals surface area contributed by atoms with Crippen LogP contribution in [-0.4, -0.2) is 49.8 Å². The lowest BCUT2D eigenvalue weighted by atomic mass is 10.1. The van der Waals surface area contributed by atoms with Gasteiger partial charge in [0.15, 0.2) is 0 Å². The second-order valence-electron chi connectivity index (χ2n) is 5.15. The van der Waals surface area contributed by atoms with Crippen molar-refractivity contribution in [1.82, 2.24) is 9.21 Å². The van der Waals surface area contributed by atoms with Gasteiger partial charge in [-0.2, -0.15) is 4.31 Å². The van der Waals surface area contributed by atoms with Gasteiger partial charge in [-0.25, -0.2) is 12.8 Å². The molecule has 2 atom stereocenters. The summed E-state index contributed by atoms with van der Waals surface area (Å²) in [6.45, 7) is 4.78. The molecule has 7 heteroatoms. The highest BCUT2D eigenvalue weighted by Gasteiger charge is 2.37. The van der Waals surface area contributed by atoms with Crippen LogP contribution in [0.3, 0.4) is 0 Å². The summed E-state index contributed by atoms with van der Waals surface area (Å²) in [6, 6.07) is 3.51. The van der Waals surface area contributed by atoms with Crippen LogP contribution in [0.1, 0.15) is 13.8 Å². The first-order valence-corrected chi connectivity index (χ1v) is 8.24. The zero-order chi connectivity index (χ0) is 15.1. The smallest absolute Gasteiger partial charge is 0.246 e. The SMILES string of the molecule is C[C@@H]1[C@@H](C)N(S(=O)(=O)c2ccc(Cl)cc2F)CCN1C. The van der Waals surface area contributed by atoms with Crippen molar-refractivity contribution in [3.63, 3.8) is 0 Å². The number of hydrogen-bond acceptors (Lipinski definition) is 3. The number of halogens is 2. The minimum absolute atomic E-state index is 0.0777. The van der Waals surface area contributed by atoms with Gasteiger partial charge in [-0.1, -0.05) is 11.6 Å². The monoisotopic (exact) mass is 320 g/mol. The Kier molecular flexibility index (Phi) is 4.39. The third-order valence-electron chi connectivity index (χ3n) is 4.00. The molecular weight excluding hydrogens is 303 g/mol. The third kappa shape index (κ3) is 2.70. The van der Waals surface area contributed by atoms with Crippen LogP contribution in [0.25, 0.3) is 0 Å². The number of likely N-dealkylation sites (N-methyl/N-ethyl adjacent to an activating group) is 1. The van der Waals surface area contributed by atoms with Crippen LogP contribution < -0.4 is 0 Å². The first-order valence-electron chi connectivity index (χ1n) is 6.42. The Hall–Kier alpha value is -0.690. The number of sulfonamides is 1. The molecule has 1 aromatic carbocycles. The second-order valence-corrected chi connectivity index (χ2v) is 7.45. The van der Waals surface area contributed by atoms with Crippen LogP contribution in [0, 0.1) is 5.82 Å². The molecule has 1 aliphatic heterocycles. The third-order valence-corrected chi connectivity index (χ3v) is 6.26. The van der Waals surface area contributed by atoms with E-state index >= 15 is 0 Å². The maximum Gasteiger partial charge on any atom is 0.246 e. The summed E-state index contributed by atoms with van der Waals surface area (Å²) in [4.78, 5) is 1.78. The zero-order valence-electron chi connectivity index (χ0n) is 11.7. The first kappa shape index (κ1) is 15.7. The van der Waals surface area contributed by atoms with Crippen molar-refractivity contribution < 1.29 is 12.8 Å². The molecule has 0 spiro atoms. The lowest BCUT2D eigenvalue weighted by Crippen LogP contribution is -2.57. The summed E-state index contributed by atoms with van der Waals surface area (Å²) in [6.07, 6.45) is 0. The molecule has 0 amide bonds. The fourth-order valence-electron chi connectivity index (χ4n) is 2.42. The van der Waals surface area contributed by atoms with E-state index in [1.54, 1.807) is 0 Å². The molecule has 0 aromatic heterocycles. The zero-order valence-corrected chi connectivity index (χ0v) is 13.2. The Morgan fingerprint density at radius 3 is 2.50 bits per heavy atom. The van der Waals surface area contributed by atoms with Gasteiger partial charge in [-0.3, -0.25) is 0 Å². The standard InChI is InChI=1S/C13H18ClFN2O2S/c1-9-10(2)17(7-6-16(9)3)20(18,19)13-5-4-11(14)8-12(13)15/h4-5,8-10H,6-7H2,1-3H3/t9-,10-/m1/s1. The highest BCUT2D eigenvalue weighted by Crippen LogP contribution is 2.27. The summed E-state index contributed by atoms with van der Waals surface area (Å²) in [5.41, 5.74) is 0. The molecule has 1 aliphatic rings. The van der Waals surface area contributed by atoms with Crippen molar-refractivity contribution >= 4 is 21.6 Å². The highest BCUT2D eigenvalue weighted by atomic mass is 35.5. The van der Waals surface area contributed by atoms with Gasteiger partial charge in [0.05, 0.1) is 0 Å². The molecule has 0 bridgehead atoms. The number of benzene rings is 1. The Morgan fingerprint density at radius 1 is 1.25 bits per heavy atom. The normalized spacial score (nSPS) is 25.9. The van der Waals surface area contributed by atoms with Crippen molar-refractivity contribution in [3.05, 3.63) is 29.0 Å². The van der Waals surface area contributed by atoms with Crippen molar-refractivity contribution in [3.8, 4) is 0 Å². The Bertz CT molecular complexity index is 608.